The smallest absolute Gasteiger partial charge is 0.340 e. The van der Waals surface area contributed by atoms with Crippen molar-refractivity contribution in [2.75, 3.05) is 18.1 Å². The van der Waals surface area contributed by atoms with Gasteiger partial charge in [0.15, 0.2) is 6.61 Å². The van der Waals surface area contributed by atoms with Crippen LogP contribution in [-0.4, -0.2) is 47.9 Å². The van der Waals surface area contributed by atoms with Crippen molar-refractivity contribution in [2.24, 2.45) is 0 Å². The van der Waals surface area contributed by atoms with Crippen LogP contribution >= 0.6 is 11.6 Å². The van der Waals surface area contributed by atoms with Crippen LogP contribution < -0.4 is 4.90 Å². The minimum atomic E-state index is -0.618. The molecular formula is C20H25ClN2O4. The molecule has 0 spiro atoms. The summed E-state index contributed by atoms with van der Waals surface area (Å²) in [4.78, 5) is 40.6. The SMILES string of the molecule is CC1CCCC(C)N1C(=O)COC(=O)c1ccc(Cl)cc1N1CCCC1=O. The van der Waals surface area contributed by atoms with Gasteiger partial charge in [-0.15, -0.1) is 0 Å². The molecule has 27 heavy (non-hydrogen) atoms. The van der Waals surface area contributed by atoms with Gasteiger partial charge < -0.3 is 14.5 Å². The van der Waals surface area contributed by atoms with E-state index in [0.717, 1.165) is 25.7 Å². The van der Waals surface area contributed by atoms with E-state index < -0.39 is 5.97 Å². The standard InChI is InChI=1S/C20H25ClN2O4/c1-13-5-3-6-14(2)23(13)19(25)12-27-20(26)16-9-8-15(21)11-17(16)22-10-4-7-18(22)24/h8-9,11,13-14H,3-7,10,12H2,1-2H3. The summed E-state index contributed by atoms with van der Waals surface area (Å²) in [5.41, 5.74) is 0.698. The summed E-state index contributed by atoms with van der Waals surface area (Å²) < 4.78 is 5.30. The van der Waals surface area contributed by atoms with Crippen molar-refractivity contribution in [1.82, 2.24) is 4.90 Å². The average Bonchev–Trinajstić information content (AvgIpc) is 3.05. The molecule has 0 radical (unpaired) electrons. The zero-order valence-corrected chi connectivity index (χ0v) is 16.5. The van der Waals surface area contributed by atoms with Crippen LogP contribution in [0.1, 0.15) is 56.3 Å². The van der Waals surface area contributed by atoms with Gasteiger partial charge >= 0.3 is 5.97 Å². The number of nitrogens with zero attached hydrogens (tertiary/aromatic N) is 2. The van der Waals surface area contributed by atoms with Crippen molar-refractivity contribution < 1.29 is 19.1 Å². The zero-order valence-electron chi connectivity index (χ0n) is 15.7. The third-order valence-electron chi connectivity index (χ3n) is 5.35. The highest BCUT2D eigenvalue weighted by Crippen LogP contribution is 2.29. The Kier molecular flexibility index (Phi) is 6.05. The number of halogens is 1. The Bertz CT molecular complexity index is 741. The second kappa shape index (κ2) is 8.30. The van der Waals surface area contributed by atoms with E-state index in [2.05, 4.69) is 0 Å². The lowest BCUT2D eigenvalue weighted by Gasteiger charge is -2.38. The minimum absolute atomic E-state index is 0.0432. The Hall–Kier alpha value is -2.08. The maximum absolute atomic E-state index is 12.6. The number of carbonyl (C=O) groups excluding carboxylic acids is 3. The number of hydrogen-bond acceptors (Lipinski definition) is 4. The van der Waals surface area contributed by atoms with Gasteiger partial charge in [0.25, 0.3) is 5.91 Å². The molecule has 2 amide bonds. The van der Waals surface area contributed by atoms with Crippen LogP contribution in [-0.2, 0) is 14.3 Å². The first-order valence-corrected chi connectivity index (χ1v) is 9.84. The van der Waals surface area contributed by atoms with Crippen LogP contribution in [0, 0.1) is 0 Å². The van der Waals surface area contributed by atoms with Crippen LogP contribution in [0.2, 0.25) is 5.02 Å². The van der Waals surface area contributed by atoms with Crippen molar-refractivity contribution in [2.45, 2.75) is 58.0 Å². The van der Waals surface area contributed by atoms with E-state index in [1.54, 1.807) is 23.1 Å². The van der Waals surface area contributed by atoms with Gasteiger partial charge in [-0.25, -0.2) is 4.79 Å². The van der Waals surface area contributed by atoms with Gasteiger partial charge in [-0.2, -0.15) is 0 Å². The van der Waals surface area contributed by atoms with E-state index >= 15 is 0 Å². The van der Waals surface area contributed by atoms with Gasteiger partial charge in [0.2, 0.25) is 5.91 Å². The first kappa shape index (κ1) is 19.7. The molecule has 7 heteroatoms. The molecule has 2 unspecified atom stereocenters. The topological polar surface area (TPSA) is 66.9 Å². The molecule has 0 aromatic heterocycles. The third kappa shape index (κ3) is 4.26. The van der Waals surface area contributed by atoms with Gasteiger partial charge in [0.1, 0.15) is 0 Å². The van der Waals surface area contributed by atoms with Gasteiger partial charge in [-0.05, 0) is 57.7 Å². The zero-order chi connectivity index (χ0) is 19.6. The summed E-state index contributed by atoms with van der Waals surface area (Å²) in [5.74, 6) is -0.846. The molecule has 2 aliphatic rings. The van der Waals surface area contributed by atoms with E-state index in [1.807, 2.05) is 18.7 Å². The van der Waals surface area contributed by atoms with Gasteiger partial charge in [0, 0.05) is 30.1 Å². The summed E-state index contributed by atoms with van der Waals surface area (Å²) in [6.07, 6.45) is 4.21. The lowest BCUT2D eigenvalue weighted by atomic mass is 9.97. The number of rotatable bonds is 4. The fraction of sp³-hybridized carbons (Fsp3) is 0.550. The molecular weight excluding hydrogens is 368 g/mol. The molecule has 2 aliphatic heterocycles. The quantitative estimate of drug-likeness (QED) is 0.736. The average molecular weight is 393 g/mol. The summed E-state index contributed by atoms with van der Waals surface area (Å²) in [5, 5.41) is 0.438. The molecule has 0 aliphatic carbocycles. The summed E-state index contributed by atoms with van der Waals surface area (Å²) >= 11 is 6.06. The van der Waals surface area contributed by atoms with E-state index in [0.29, 0.717) is 23.7 Å². The number of carbonyl (C=O) groups is 3. The van der Waals surface area contributed by atoms with Crippen LogP contribution in [0.4, 0.5) is 5.69 Å². The molecule has 0 N–H and O–H groups in total. The Morgan fingerprint density at radius 1 is 1.19 bits per heavy atom. The van der Waals surface area contributed by atoms with E-state index in [1.165, 1.54) is 0 Å². The van der Waals surface area contributed by atoms with Crippen LogP contribution in [0.3, 0.4) is 0 Å². The van der Waals surface area contributed by atoms with Crippen molar-refractivity contribution in [3.05, 3.63) is 28.8 Å². The number of piperidine rings is 1. The second-order valence-electron chi connectivity index (χ2n) is 7.32. The molecule has 1 aromatic rings. The highest BCUT2D eigenvalue weighted by atomic mass is 35.5. The summed E-state index contributed by atoms with van der Waals surface area (Å²) in [6.45, 7) is 4.28. The number of hydrogen-bond donors (Lipinski definition) is 0. The monoisotopic (exact) mass is 392 g/mol. The second-order valence-corrected chi connectivity index (χ2v) is 7.75. The first-order chi connectivity index (χ1) is 12.9. The summed E-state index contributed by atoms with van der Waals surface area (Å²) in [6, 6.07) is 5.01. The van der Waals surface area contributed by atoms with Crippen LogP contribution in [0.15, 0.2) is 18.2 Å². The van der Waals surface area contributed by atoms with Crippen LogP contribution in [0.5, 0.6) is 0 Å². The highest BCUT2D eigenvalue weighted by molar-refractivity contribution is 6.31. The fourth-order valence-electron chi connectivity index (χ4n) is 4.00. The predicted octanol–water partition coefficient (Wildman–Crippen LogP) is 3.41. The van der Waals surface area contributed by atoms with Gasteiger partial charge in [-0.3, -0.25) is 9.59 Å². The molecule has 146 valence electrons. The number of likely N-dealkylation sites (tertiary alicyclic amines) is 1. The molecule has 2 heterocycles. The Balaban J connectivity index is 1.71. The lowest BCUT2D eigenvalue weighted by Crippen LogP contribution is -2.49. The van der Waals surface area contributed by atoms with E-state index in [-0.39, 0.29) is 36.1 Å². The summed E-state index contributed by atoms with van der Waals surface area (Å²) in [7, 11) is 0. The number of amides is 2. The molecule has 0 saturated carbocycles. The normalized spacial score (nSPS) is 22.9. The molecule has 2 fully saturated rings. The largest absolute Gasteiger partial charge is 0.452 e. The number of ether oxygens (including phenoxy) is 1. The predicted molar refractivity (Wildman–Crippen MR) is 103 cm³/mol. The molecule has 2 atom stereocenters. The van der Waals surface area contributed by atoms with Crippen molar-refractivity contribution in [1.29, 1.82) is 0 Å². The molecule has 2 saturated heterocycles. The Labute approximate surface area is 164 Å². The third-order valence-corrected chi connectivity index (χ3v) is 5.59. The molecule has 3 rings (SSSR count). The van der Waals surface area contributed by atoms with Crippen LogP contribution in [0.25, 0.3) is 0 Å². The Morgan fingerprint density at radius 3 is 2.52 bits per heavy atom. The maximum atomic E-state index is 12.6. The van der Waals surface area contributed by atoms with Crippen molar-refractivity contribution in [3.63, 3.8) is 0 Å². The molecule has 0 bridgehead atoms. The number of esters is 1. The van der Waals surface area contributed by atoms with Gasteiger partial charge in [0.05, 0.1) is 11.3 Å². The first-order valence-electron chi connectivity index (χ1n) is 9.46. The van der Waals surface area contributed by atoms with E-state index in [9.17, 15) is 14.4 Å². The van der Waals surface area contributed by atoms with E-state index in [4.69, 9.17) is 16.3 Å². The maximum Gasteiger partial charge on any atom is 0.340 e. The van der Waals surface area contributed by atoms with Crippen molar-refractivity contribution in [3.8, 4) is 0 Å². The molecule has 6 nitrogen and oxygen atoms in total. The molecule has 1 aromatic carbocycles. The lowest BCUT2D eigenvalue weighted by molar-refractivity contribution is -0.140. The van der Waals surface area contributed by atoms with Gasteiger partial charge in [-0.1, -0.05) is 11.6 Å². The highest BCUT2D eigenvalue weighted by Gasteiger charge is 2.30. The van der Waals surface area contributed by atoms with Crippen molar-refractivity contribution >= 4 is 35.1 Å². The number of benzene rings is 1. The Morgan fingerprint density at radius 2 is 1.89 bits per heavy atom. The minimum Gasteiger partial charge on any atom is -0.452 e. The number of anilines is 1. The fourth-order valence-corrected chi connectivity index (χ4v) is 4.16.